The minimum Gasteiger partial charge on any atom is -0.383 e. The lowest BCUT2D eigenvalue weighted by Crippen LogP contribution is -2.18. The molecule has 40 heavy (non-hydrogen) atoms. The average molecular weight is 586 g/mol. The summed E-state index contributed by atoms with van der Waals surface area (Å²) in [6.45, 7) is -0.729. The number of para-hydroxylation sites is 2. The Kier molecular flexibility index (Phi) is 7.17. The number of anilines is 2. The summed E-state index contributed by atoms with van der Waals surface area (Å²) in [6, 6.07) is 6.18. The highest BCUT2D eigenvalue weighted by molar-refractivity contribution is 5.95. The van der Waals surface area contributed by atoms with Gasteiger partial charge in [0.2, 0.25) is 0 Å². The molecule has 0 bridgehead atoms. The van der Waals surface area contributed by atoms with E-state index in [0.717, 1.165) is 24.3 Å². The van der Waals surface area contributed by atoms with Gasteiger partial charge in [-0.1, -0.05) is 24.3 Å². The van der Waals surface area contributed by atoms with Crippen LogP contribution in [0.15, 0.2) is 48.5 Å². The molecule has 4 aromatic rings. The van der Waals surface area contributed by atoms with E-state index in [0.29, 0.717) is 24.3 Å². The molecule has 0 atom stereocenters. The predicted molar refractivity (Wildman–Crippen MR) is 120 cm³/mol. The highest BCUT2D eigenvalue weighted by atomic mass is 19.4. The molecule has 2 aromatic heterocycles. The van der Waals surface area contributed by atoms with Crippen molar-refractivity contribution in [2.75, 3.05) is 23.7 Å². The molecule has 0 spiro atoms. The number of alkyl halides is 12. The van der Waals surface area contributed by atoms with E-state index in [1.54, 1.807) is 0 Å². The SMILES string of the molecule is FC(F)(F)c1cc(NCCNc2cc(C(F)(F)F)nc3c(C(F)(F)F)cccc23)c2cccc(C(F)(F)F)c2n1. The standard InChI is InChI=1S/C24H14F12N4/c25-21(26,27)13-5-1-3-11-15(9-17(23(31,32)33)39-19(11)13)37-7-8-38-16-10-18(24(34,35)36)40-20-12(16)4-2-6-14(20)22(28,29)30/h1-6,9-10H,7-8H2,(H,37,39)(H,38,40). The molecular weight excluding hydrogens is 572 g/mol. The lowest BCUT2D eigenvalue weighted by Gasteiger charge is -2.18. The number of rotatable bonds is 5. The van der Waals surface area contributed by atoms with Gasteiger partial charge in [0.15, 0.2) is 0 Å². The summed E-state index contributed by atoms with van der Waals surface area (Å²) >= 11 is 0. The Balaban J connectivity index is 1.68. The van der Waals surface area contributed by atoms with Crippen LogP contribution in [-0.2, 0) is 24.7 Å². The van der Waals surface area contributed by atoms with E-state index < -0.39 is 69.6 Å². The molecule has 0 saturated carbocycles. The molecular formula is C24H14F12N4. The second-order valence-corrected chi connectivity index (χ2v) is 8.36. The number of nitrogens with zero attached hydrogens (tertiary/aromatic N) is 2. The lowest BCUT2D eigenvalue weighted by atomic mass is 10.1. The van der Waals surface area contributed by atoms with Crippen LogP contribution in [0.4, 0.5) is 64.1 Å². The first-order valence-corrected chi connectivity index (χ1v) is 11.0. The largest absolute Gasteiger partial charge is 0.433 e. The molecule has 4 rings (SSSR count). The van der Waals surface area contributed by atoms with Gasteiger partial charge >= 0.3 is 24.7 Å². The van der Waals surface area contributed by atoms with Gasteiger partial charge in [0.05, 0.1) is 22.2 Å². The van der Waals surface area contributed by atoms with Crippen LogP contribution in [0.1, 0.15) is 22.5 Å². The summed E-state index contributed by atoms with van der Waals surface area (Å²) in [5.74, 6) is 0. The third kappa shape index (κ3) is 5.94. The van der Waals surface area contributed by atoms with Crippen LogP contribution in [-0.4, -0.2) is 23.1 Å². The quantitative estimate of drug-likeness (QED) is 0.182. The molecule has 0 fully saturated rings. The van der Waals surface area contributed by atoms with E-state index in [1.807, 2.05) is 0 Å². The van der Waals surface area contributed by atoms with Gasteiger partial charge in [-0.3, -0.25) is 0 Å². The number of pyridine rings is 2. The molecule has 0 amide bonds. The smallest absolute Gasteiger partial charge is 0.383 e. The highest BCUT2D eigenvalue weighted by Gasteiger charge is 2.39. The summed E-state index contributed by atoms with van der Waals surface area (Å²) in [5.41, 5.74) is -8.84. The Morgan fingerprint density at radius 2 is 0.850 bits per heavy atom. The van der Waals surface area contributed by atoms with E-state index in [1.165, 1.54) is 0 Å². The van der Waals surface area contributed by atoms with Crippen molar-refractivity contribution in [3.63, 3.8) is 0 Å². The van der Waals surface area contributed by atoms with Gasteiger partial charge in [-0.05, 0) is 24.3 Å². The topological polar surface area (TPSA) is 49.8 Å². The van der Waals surface area contributed by atoms with Crippen LogP contribution in [0.25, 0.3) is 21.8 Å². The van der Waals surface area contributed by atoms with Crippen molar-refractivity contribution in [2.24, 2.45) is 0 Å². The van der Waals surface area contributed by atoms with Crippen LogP contribution >= 0.6 is 0 Å². The second kappa shape index (κ2) is 9.89. The fourth-order valence-corrected chi connectivity index (χ4v) is 3.93. The van der Waals surface area contributed by atoms with Gasteiger partial charge in [-0.2, -0.15) is 52.7 Å². The maximum atomic E-state index is 13.4. The molecule has 16 heteroatoms. The van der Waals surface area contributed by atoms with E-state index >= 15 is 0 Å². The summed E-state index contributed by atoms with van der Waals surface area (Å²) < 4.78 is 161. The van der Waals surface area contributed by atoms with Gasteiger partial charge in [0.1, 0.15) is 11.4 Å². The van der Waals surface area contributed by atoms with Gasteiger partial charge in [0, 0.05) is 35.2 Å². The van der Waals surface area contributed by atoms with Crippen LogP contribution in [0.5, 0.6) is 0 Å². The van der Waals surface area contributed by atoms with Crippen molar-refractivity contribution in [3.05, 3.63) is 71.0 Å². The van der Waals surface area contributed by atoms with Gasteiger partial charge < -0.3 is 10.6 Å². The average Bonchev–Trinajstić information content (AvgIpc) is 2.83. The summed E-state index contributed by atoms with van der Waals surface area (Å²) in [4.78, 5) is 6.28. The fourth-order valence-electron chi connectivity index (χ4n) is 3.93. The van der Waals surface area contributed by atoms with Crippen LogP contribution in [0, 0.1) is 0 Å². The van der Waals surface area contributed by atoms with Crippen LogP contribution < -0.4 is 10.6 Å². The summed E-state index contributed by atoms with van der Waals surface area (Å²) in [7, 11) is 0. The number of nitrogens with one attached hydrogen (secondary N) is 2. The molecule has 0 aliphatic carbocycles. The minimum atomic E-state index is -5.11. The second-order valence-electron chi connectivity index (χ2n) is 8.36. The van der Waals surface area contributed by atoms with Crippen molar-refractivity contribution in [1.82, 2.24) is 9.97 Å². The zero-order chi connectivity index (χ0) is 29.7. The van der Waals surface area contributed by atoms with Crippen molar-refractivity contribution in [1.29, 1.82) is 0 Å². The van der Waals surface area contributed by atoms with E-state index in [-0.39, 0.29) is 23.9 Å². The van der Waals surface area contributed by atoms with Crippen molar-refractivity contribution in [3.8, 4) is 0 Å². The molecule has 2 aromatic carbocycles. The summed E-state index contributed by atoms with van der Waals surface area (Å²) in [5, 5.41) is 4.35. The van der Waals surface area contributed by atoms with Crippen molar-refractivity contribution < 1.29 is 52.7 Å². The Hall–Kier alpha value is -3.98. The van der Waals surface area contributed by atoms with Crippen LogP contribution in [0.2, 0.25) is 0 Å². The Morgan fingerprint density at radius 1 is 0.500 bits per heavy atom. The molecule has 0 radical (unpaired) electrons. The number of aromatic nitrogens is 2. The van der Waals surface area contributed by atoms with E-state index in [2.05, 4.69) is 20.6 Å². The van der Waals surface area contributed by atoms with Crippen molar-refractivity contribution >= 4 is 33.2 Å². The first-order valence-electron chi connectivity index (χ1n) is 11.0. The molecule has 2 N–H and O–H groups in total. The molecule has 0 aliphatic rings. The number of hydrogen-bond donors (Lipinski definition) is 2. The van der Waals surface area contributed by atoms with Crippen LogP contribution in [0.3, 0.4) is 0 Å². The molecule has 214 valence electrons. The highest BCUT2D eigenvalue weighted by Crippen LogP contribution is 2.40. The van der Waals surface area contributed by atoms with E-state index in [9.17, 15) is 52.7 Å². The Labute approximate surface area is 216 Å². The minimum absolute atomic E-state index is 0.314. The molecule has 0 unspecified atom stereocenters. The number of halogens is 12. The van der Waals surface area contributed by atoms with Gasteiger partial charge in [0.25, 0.3) is 0 Å². The molecule has 0 aliphatic heterocycles. The fraction of sp³-hybridized carbons (Fsp3) is 0.250. The number of fused-ring (bicyclic) bond motifs is 2. The Bertz CT molecular complexity index is 1440. The predicted octanol–water partition coefficient (Wildman–Crippen LogP) is 8.38. The van der Waals surface area contributed by atoms with Gasteiger partial charge in [-0.25, -0.2) is 9.97 Å². The zero-order valence-electron chi connectivity index (χ0n) is 19.5. The maximum absolute atomic E-state index is 13.4. The van der Waals surface area contributed by atoms with Crippen molar-refractivity contribution in [2.45, 2.75) is 24.7 Å². The normalized spacial score (nSPS) is 13.2. The van der Waals surface area contributed by atoms with E-state index in [4.69, 9.17) is 0 Å². The third-order valence-corrected chi connectivity index (χ3v) is 5.63. The first-order chi connectivity index (χ1) is 18.4. The first kappa shape index (κ1) is 29.0. The maximum Gasteiger partial charge on any atom is 0.433 e. The molecule has 0 saturated heterocycles. The Morgan fingerprint density at radius 3 is 1.15 bits per heavy atom. The summed E-state index contributed by atoms with van der Waals surface area (Å²) in [6.07, 6.45) is -20.3. The molecule has 4 nitrogen and oxygen atoms in total. The van der Waals surface area contributed by atoms with Gasteiger partial charge in [-0.15, -0.1) is 0 Å². The zero-order valence-corrected chi connectivity index (χ0v) is 19.5. The number of hydrogen-bond acceptors (Lipinski definition) is 4. The lowest BCUT2D eigenvalue weighted by molar-refractivity contribution is -0.142. The number of benzene rings is 2. The third-order valence-electron chi connectivity index (χ3n) is 5.63. The monoisotopic (exact) mass is 586 g/mol. The molecule has 2 heterocycles.